The number of amides is 3. The molecule has 0 radical (unpaired) electrons. The van der Waals surface area contributed by atoms with Gasteiger partial charge in [-0.25, -0.2) is 0 Å². The number of nitrogens with one attached hydrogen (secondary N) is 1. The zero-order chi connectivity index (χ0) is 16.8. The maximum atomic E-state index is 12.5. The Morgan fingerprint density at radius 1 is 1.25 bits per heavy atom. The van der Waals surface area contributed by atoms with Crippen LogP contribution in [-0.4, -0.2) is 35.7 Å². The minimum Gasteiger partial charge on any atom is -0.467 e. The highest BCUT2D eigenvalue weighted by atomic mass is 16.3. The summed E-state index contributed by atoms with van der Waals surface area (Å²) in [7, 11) is 0. The zero-order valence-electron chi connectivity index (χ0n) is 13.1. The SMILES string of the molecule is NCc1cc(C(=O)NCCN2C(=O)C3C4C=CC(C4)C3C2=O)co1. The number of hydrogen-bond donors (Lipinski definition) is 2. The third kappa shape index (κ3) is 2.19. The van der Waals surface area contributed by atoms with Gasteiger partial charge in [0.2, 0.25) is 11.8 Å². The Morgan fingerprint density at radius 2 is 1.92 bits per heavy atom. The lowest BCUT2D eigenvalue weighted by atomic mass is 9.85. The molecule has 3 amide bonds. The van der Waals surface area contributed by atoms with Crippen LogP contribution >= 0.6 is 0 Å². The molecule has 1 saturated carbocycles. The molecule has 4 rings (SSSR count). The lowest BCUT2D eigenvalue weighted by molar-refractivity contribution is -0.140. The fourth-order valence-electron chi connectivity index (χ4n) is 4.17. The first-order chi connectivity index (χ1) is 11.6. The predicted molar refractivity (Wildman–Crippen MR) is 83.4 cm³/mol. The summed E-state index contributed by atoms with van der Waals surface area (Å²) in [5, 5.41) is 2.71. The molecule has 1 aromatic heterocycles. The number of carbonyl (C=O) groups excluding carboxylic acids is 3. The molecule has 2 aliphatic carbocycles. The molecule has 7 heteroatoms. The van der Waals surface area contributed by atoms with E-state index < -0.39 is 0 Å². The highest BCUT2D eigenvalue weighted by molar-refractivity contribution is 6.06. The van der Waals surface area contributed by atoms with Gasteiger partial charge in [-0.3, -0.25) is 19.3 Å². The van der Waals surface area contributed by atoms with E-state index in [-0.39, 0.29) is 61.0 Å². The van der Waals surface area contributed by atoms with Gasteiger partial charge in [-0.2, -0.15) is 0 Å². The maximum absolute atomic E-state index is 12.5. The van der Waals surface area contributed by atoms with Gasteiger partial charge in [-0.1, -0.05) is 12.2 Å². The lowest BCUT2D eigenvalue weighted by Crippen LogP contribution is -2.39. The molecule has 1 saturated heterocycles. The number of likely N-dealkylation sites (tertiary alicyclic amines) is 1. The standard InChI is InChI=1S/C17H19N3O4/c18-7-12-6-11(8-24-12)15(21)19-3-4-20-16(22)13-9-1-2-10(5-9)14(13)17(20)23/h1-2,6,8-10,13-14H,3-5,7,18H2,(H,19,21). The molecule has 2 bridgehead atoms. The van der Waals surface area contributed by atoms with Crippen molar-refractivity contribution in [2.75, 3.05) is 13.1 Å². The van der Waals surface area contributed by atoms with Crippen LogP contribution in [0.3, 0.4) is 0 Å². The van der Waals surface area contributed by atoms with Crippen LogP contribution in [-0.2, 0) is 16.1 Å². The lowest BCUT2D eigenvalue weighted by Gasteiger charge is -2.17. The molecule has 3 N–H and O–H groups in total. The number of allylic oxidation sites excluding steroid dienone is 2. The van der Waals surface area contributed by atoms with Gasteiger partial charge in [-0.05, 0) is 24.3 Å². The zero-order valence-corrected chi connectivity index (χ0v) is 13.1. The summed E-state index contributed by atoms with van der Waals surface area (Å²) >= 11 is 0. The summed E-state index contributed by atoms with van der Waals surface area (Å²) < 4.78 is 5.12. The van der Waals surface area contributed by atoms with Gasteiger partial charge < -0.3 is 15.5 Å². The molecule has 0 aromatic carbocycles. The van der Waals surface area contributed by atoms with Crippen molar-refractivity contribution >= 4 is 17.7 Å². The summed E-state index contributed by atoms with van der Waals surface area (Å²) in [6, 6.07) is 1.58. The number of imide groups is 1. The van der Waals surface area contributed by atoms with Crippen LogP contribution in [0.2, 0.25) is 0 Å². The Kier molecular flexibility index (Phi) is 3.53. The van der Waals surface area contributed by atoms with E-state index in [1.807, 2.05) is 0 Å². The fourth-order valence-corrected chi connectivity index (χ4v) is 4.17. The van der Waals surface area contributed by atoms with E-state index in [0.717, 1.165) is 6.42 Å². The molecule has 24 heavy (non-hydrogen) atoms. The fraction of sp³-hybridized carbons (Fsp3) is 0.471. The van der Waals surface area contributed by atoms with E-state index >= 15 is 0 Å². The van der Waals surface area contributed by atoms with E-state index in [0.29, 0.717) is 11.3 Å². The van der Waals surface area contributed by atoms with Crippen molar-refractivity contribution in [2.45, 2.75) is 13.0 Å². The molecule has 7 nitrogen and oxygen atoms in total. The van der Waals surface area contributed by atoms with Gasteiger partial charge in [0.05, 0.1) is 23.9 Å². The number of nitrogens with zero attached hydrogens (tertiary/aromatic N) is 1. The molecule has 4 atom stereocenters. The maximum Gasteiger partial charge on any atom is 0.254 e. The Morgan fingerprint density at radius 3 is 2.50 bits per heavy atom. The average Bonchev–Trinajstić information content (AvgIpc) is 3.34. The minimum absolute atomic E-state index is 0.0928. The first-order valence-corrected chi connectivity index (χ1v) is 8.19. The Hall–Kier alpha value is -2.41. The molecule has 4 unspecified atom stereocenters. The topological polar surface area (TPSA) is 106 Å². The molecule has 3 aliphatic rings. The second kappa shape index (κ2) is 5.59. The van der Waals surface area contributed by atoms with Crippen LogP contribution in [0.5, 0.6) is 0 Å². The Labute approximate surface area is 138 Å². The number of fused-ring (bicyclic) bond motifs is 5. The average molecular weight is 329 g/mol. The predicted octanol–water partition coefficient (Wildman–Crippen LogP) is 0.275. The molecular formula is C17H19N3O4. The van der Waals surface area contributed by atoms with Gasteiger partial charge in [0, 0.05) is 13.1 Å². The summed E-state index contributed by atoms with van der Waals surface area (Å²) in [4.78, 5) is 38.3. The van der Waals surface area contributed by atoms with Gasteiger partial charge in [0.15, 0.2) is 0 Å². The van der Waals surface area contributed by atoms with E-state index in [4.69, 9.17) is 10.2 Å². The number of carbonyl (C=O) groups is 3. The van der Waals surface area contributed by atoms with Crippen molar-refractivity contribution in [1.29, 1.82) is 0 Å². The second-order valence-electron chi connectivity index (χ2n) is 6.59. The Balaban J connectivity index is 1.34. The van der Waals surface area contributed by atoms with Crippen LogP contribution in [0.4, 0.5) is 0 Å². The van der Waals surface area contributed by atoms with Crippen molar-refractivity contribution in [3.8, 4) is 0 Å². The first kappa shape index (κ1) is 15.1. The van der Waals surface area contributed by atoms with E-state index in [2.05, 4.69) is 17.5 Å². The van der Waals surface area contributed by atoms with Crippen molar-refractivity contribution in [1.82, 2.24) is 10.2 Å². The highest BCUT2D eigenvalue weighted by Gasteiger charge is 2.58. The normalized spacial score (nSPS) is 30.3. The molecule has 1 aromatic rings. The number of furan rings is 1. The van der Waals surface area contributed by atoms with Gasteiger partial charge >= 0.3 is 0 Å². The Bertz CT molecular complexity index is 708. The second-order valence-corrected chi connectivity index (χ2v) is 6.59. The van der Waals surface area contributed by atoms with Crippen molar-refractivity contribution in [3.05, 3.63) is 35.8 Å². The van der Waals surface area contributed by atoms with Crippen LogP contribution < -0.4 is 11.1 Å². The number of nitrogens with two attached hydrogens (primary N) is 1. The third-order valence-corrected chi connectivity index (χ3v) is 5.30. The van der Waals surface area contributed by atoms with Gasteiger partial charge in [0.1, 0.15) is 12.0 Å². The number of hydrogen-bond acceptors (Lipinski definition) is 5. The van der Waals surface area contributed by atoms with Crippen molar-refractivity contribution < 1.29 is 18.8 Å². The highest BCUT2D eigenvalue weighted by Crippen LogP contribution is 2.52. The van der Waals surface area contributed by atoms with E-state index in [1.54, 1.807) is 6.07 Å². The molecule has 2 heterocycles. The van der Waals surface area contributed by atoms with Gasteiger partial charge in [0.25, 0.3) is 5.91 Å². The first-order valence-electron chi connectivity index (χ1n) is 8.19. The molecule has 0 spiro atoms. The van der Waals surface area contributed by atoms with E-state index in [1.165, 1.54) is 11.2 Å². The smallest absolute Gasteiger partial charge is 0.254 e. The molecule has 1 aliphatic heterocycles. The quantitative estimate of drug-likeness (QED) is 0.596. The summed E-state index contributed by atoms with van der Waals surface area (Å²) in [5.74, 6) is 0.0664. The van der Waals surface area contributed by atoms with E-state index in [9.17, 15) is 14.4 Å². The molecular weight excluding hydrogens is 310 g/mol. The van der Waals surface area contributed by atoms with Crippen LogP contribution in [0.1, 0.15) is 22.5 Å². The summed E-state index contributed by atoms with van der Waals surface area (Å²) in [5.41, 5.74) is 5.82. The van der Waals surface area contributed by atoms with Crippen LogP contribution in [0, 0.1) is 23.7 Å². The monoisotopic (exact) mass is 329 g/mol. The van der Waals surface area contributed by atoms with Crippen LogP contribution in [0.15, 0.2) is 28.9 Å². The number of rotatable bonds is 5. The van der Waals surface area contributed by atoms with Crippen molar-refractivity contribution in [2.24, 2.45) is 29.4 Å². The summed E-state index contributed by atoms with van der Waals surface area (Å²) in [6.07, 6.45) is 6.39. The minimum atomic E-state index is -0.306. The summed E-state index contributed by atoms with van der Waals surface area (Å²) in [6.45, 7) is 0.655. The van der Waals surface area contributed by atoms with Crippen LogP contribution in [0.25, 0.3) is 0 Å². The molecule has 2 fully saturated rings. The van der Waals surface area contributed by atoms with Crippen molar-refractivity contribution in [3.63, 3.8) is 0 Å². The largest absolute Gasteiger partial charge is 0.467 e. The molecule has 126 valence electrons. The van der Waals surface area contributed by atoms with Gasteiger partial charge in [-0.15, -0.1) is 0 Å². The third-order valence-electron chi connectivity index (χ3n) is 5.30.